The molecule has 2 aliphatic rings. The fourth-order valence-electron chi connectivity index (χ4n) is 3.84. The zero-order valence-corrected chi connectivity index (χ0v) is 16.8. The first-order chi connectivity index (χ1) is 13.6. The van der Waals surface area contributed by atoms with Crippen molar-refractivity contribution in [3.8, 4) is 0 Å². The third-order valence-corrected chi connectivity index (χ3v) is 5.55. The Morgan fingerprint density at radius 1 is 1.32 bits per heavy atom. The van der Waals surface area contributed by atoms with Crippen LogP contribution in [0, 0.1) is 11.6 Å². The van der Waals surface area contributed by atoms with Crippen molar-refractivity contribution >= 4 is 5.96 Å². The van der Waals surface area contributed by atoms with Crippen molar-refractivity contribution in [2.75, 3.05) is 39.9 Å². The molecule has 2 atom stereocenters. The van der Waals surface area contributed by atoms with Crippen LogP contribution in [0.3, 0.4) is 0 Å². The minimum atomic E-state index is -0.554. The number of piperidine rings is 1. The Labute approximate surface area is 166 Å². The molecular formula is C21H31F2N3O2. The molecule has 1 aromatic carbocycles. The minimum absolute atomic E-state index is 0.0929. The number of hydrogen-bond acceptors (Lipinski definition) is 3. The standard InChI is InChI=1S/C21H31F2N3O2/c1-15(19-6-5-16(22)12-20(19)23)13-25-21(24-2)26-9-7-17(8-10-26)28-14-18-4-3-11-27-18/h5-6,12,15,17-18H,3-4,7-11,13-14H2,1-2H3,(H,24,25). The summed E-state index contributed by atoms with van der Waals surface area (Å²) in [7, 11) is 1.76. The Bertz CT molecular complexity index is 657. The molecule has 0 saturated carbocycles. The Hall–Kier alpha value is -1.73. The van der Waals surface area contributed by atoms with E-state index in [-0.39, 0.29) is 18.1 Å². The monoisotopic (exact) mass is 395 g/mol. The molecular weight excluding hydrogens is 364 g/mol. The lowest BCUT2D eigenvalue weighted by atomic mass is 10.0. The van der Waals surface area contributed by atoms with E-state index in [4.69, 9.17) is 9.47 Å². The molecule has 0 amide bonds. The van der Waals surface area contributed by atoms with Gasteiger partial charge >= 0.3 is 0 Å². The van der Waals surface area contributed by atoms with Crippen molar-refractivity contribution in [2.45, 2.75) is 50.7 Å². The second-order valence-corrected chi connectivity index (χ2v) is 7.65. The van der Waals surface area contributed by atoms with Crippen LogP contribution in [-0.2, 0) is 9.47 Å². The summed E-state index contributed by atoms with van der Waals surface area (Å²) in [6, 6.07) is 3.74. The Kier molecular flexibility index (Phi) is 7.62. The van der Waals surface area contributed by atoms with E-state index in [1.54, 1.807) is 7.05 Å². The highest BCUT2D eigenvalue weighted by Gasteiger charge is 2.24. The van der Waals surface area contributed by atoms with Crippen molar-refractivity contribution in [1.82, 2.24) is 10.2 Å². The van der Waals surface area contributed by atoms with Gasteiger partial charge in [-0.05, 0) is 37.3 Å². The van der Waals surface area contributed by atoms with Crippen LogP contribution in [0.4, 0.5) is 8.78 Å². The van der Waals surface area contributed by atoms with E-state index in [1.165, 1.54) is 12.1 Å². The number of aliphatic imine (C=N–C) groups is 1. The molecule has 0 aliphatic carbocycles. The second kappa shape index (κ2) is 10.2. The number of nitrogens with one attached hydrogen (secondary N) is 1. The molecule has 2 fully saturated rings. The zero-order valence-electron chi connectivity index (χ0n) is 16.8. The largest absolute Gasteiger partial charge is 0.376 e. The molecule has 156 valence electrons. The Morgan fingerprint density at radius 3 is 2.75 bits per heavy atom. The van der Waals surface area contributed by atoms with Crippen LogP contribution in [0.2, 0.25) is 0 Å². The highest BCUT2D eigenvalue weighted by molar-refractivity contribution is 5.80. The topological polar surface area (TPSA) is 46.1 Å². The summed E-state index contributed by atoms with van der Waals surface area (Å²) >= 11 is 0. The fourth-order valence-corrected chi connectivity index (χ4v) is 3.84. The molecule has 1 N–H and O–H groups in total. The molecule has 0 bridgehead atoms. The number of guanidine groups is 1. The number of halogens is 2. The first-order valence-electron chi connectivity index (χ1n) is 10.2. The average molecular weight is 395 g/mol. The predicted molar refractivity (Wildman–Crippen MR) is 106 cm³/mol. The number of ether oxygens (including phenoxy) is 2. The highest BCUT2D eigenvalue weighted by atomic mass is 19.1. The van der Waals surface area contributed by atoms with Crippen LogP contribution in [0.15, 0.2) is 23.2 Å². The van der Waals surface area contributed by atoms with Gasteiger partial charge in [-0.3, -0.25) is 4.99 Å². The van der Waals surface area contributed by atoms with Gasteiger partial charge in [0.1, 0.15) is 11.6 Å². The number of nitrogens with zero attached hydrogens (tertiary/aromatic N) is 2. The van der Waals surface area contributed by atoms with Gasteiger partial charge in [-0.1, -0.05) is 13.0 Å². The molecule has 2 saturated heterocycles. The number of likely N-dealkylation sites (tertiary alicyclic amines) is 1. The summed E-state index contributed by atoms with van der Waals surface area (Å²) in [4.78, 5) is 6.57. The lowest BCUT2D eigenvalue weighted by molar-refractivity contribution is -0.0367. The van der Waals surface area contributed by atoms with Gasteiger partial charge in [0.25, 0.3) is 0 Å². The molecule has 28 heavy (non-hydrogen) atoms. The smallest absolute Gasteiger partial charge is 0.193 e. The summed E-state index contributed by atoms with van der Waals surface area (Å²) in [5, 5.41) is 3.33. The second-order valence-electron chi connectivity index (χ2n) is 7.65. The minimum Gasteiger partial charge on any atom is -0.376 e. The maximum Gasteiger partial charge on any atom is 0.193 e. The van der Waals surface area contributed by atoms with Gasteiger partial charge in [0.2, 0.25) is 0 Å². The molecule has 2 heterocycles. The maximum atomic E-state index is 14.0. The first kappa shape index (κ1) is 21.0. The van der Waals surface area contributed by atoms with Gasteiger partial charge < -0.3 is 19.7 Å². The highest BCUT2D eigenvalue weighted by Crippen LogP contribution is 2.20. The molecule has 0 spiro atoms. The quantitative estimate of drug-likeness (QED) is 0.593. The van der Waals surface area contributed by atoms with Gasteiger partial charge in [-0.25, -0.2) is 8.78 Å². The van der Waals surface area contributed by atoms with Crippen molar-refractivity contribution < 1.29 is 18.3 Å². The number of rotatable bonds is 6. The van der Waals surface area contributed by atoms with Gasteiger partial charge in [0, 0.05) is 45.3 Å². The van der Waals surface area contributed by atoms with Crippen LogP contribution in [-0.4, -0.2) is 63.0 Å². The van der Waals surface area contributed by atoms with E-state index >= 15 is 0 Å². The molecule has 0 radical (unpaired) electrons. The maximum absolute atomic E-state index is 14.0. The van der Waals surface area contributed by atoms with Crippen LogP contribution in [0.1, 0.15) is 44.1 Å². The van der Waals surface area contributed by atoms with E-state index in [0.29, 0.717) is 18.7 Å². The number of benzene rings is 1. The van der Waals surface area contributed by atoms with Crippen molar-refractivity contribution in [3.05, 3.63) is 35.4 Å². The molecule has 3 rings (SSSR count). The molecule has 0 aromatic heterocycles. The molecule has 5 nitrogen and oxygen atoms in total. The SMILES string of the molecule is CN=C(NCC(C)c1ccc(F)cc1F)N1CCC(OCC2CCCO2)CC1. The van der Waals surface area contributed by atoms with Gasteiger partial charge in [0.05, 0.1) is 18.8 Å². The van der Waals surface area contributed by atoms with E-state index < -0.39 is 11.6 Å². The summed E-state index contributed by atoms with van der Waals surface area (Å²) in [5.41, 5.74) is 0.505. The molecule has 2 unspecified atom stereocenters. The summed E-state index contributed by atoms with van der Waals surface area (Å²) in [6.07, 6.45) is 4.67. The molecule has 2 aliphatic heterocycles. The fraction of sp³-hybridized carbons (Fsp3) is 0.667. The molecule has 1 aromatic rings. The third-order valence-electron chi connectivity index (χ3n) is 5.55. The number of hydrogen-bond donors (Lipinski definition) is 1. The average Bonchev–Trinajstić information content (AvgIpc) is 3.21. The van der Waals surface area contributed by atoms with Crippen molar-refractivity contribution in [2.24, 2.45) is 4.99 Å². The van der Waals surface area contributed by atoms with E-state index in [1.807, 2.05) is 6.92 Å². The lowest BCUT2D eigenvalue weighted by Crippen LogP contribution is -2.48. The van der Waals surface area contributed by atoms with Gasteiger partial charge in [-0.2, -0.15) is 0 Å². The van der Waals surface area contributed by atoms with Crippen molar-refractivity contribution in [3.63, 3.8) is 0 Å². The van der Waals surface area contributed by atoms with E-state index in [9.17, 15) is 8.78 Å². The predicted octanol–water partition coefficient (Wildman–Crippen LogP) is 3.30. The van der Waals surface area contributed by atoms with Crippen molar-refractivity contribution in [1.29, 1.82) is 0 Å². The Morgan fingerprint density at radius 2 is 2.11 bits per heavy atom. The third kappa shape index (κ3) is 5.64. The Balaban J connectivity index is 1.42. The van der Waals surface area contributed by atoms with E-state index in [2.05, 4.69) is 15.2 Å². The van der Waals surface area contributed by atoms with Crippen LogP contribution in [0.5, 0.6) is 0 Å². The van der Waals surface area contributed by atoms with Crippen LogP contribution in [0.25, 0.3) is 0 Å². The first-order valence-corrected chi connectivity index (χ1v) is 10.2. The van der Waals surface area contributed by atoms with Gasteiger partial charge in [0.15, 0.2) is 5.96 Å². The summed E-state index contributed by atoms with van der Waals surface area (Å²) in [6.45, 7) is 5.74. The summed E-state index contributed by atoms with van der Waals surface area (Å²) in [5.74, 6) is -0.341. The zero-order chi connectivity index (χ0) is 19.9. The molecule has 7 heteroatoms. The van der Waals surface area contributed by atoms with E-state index in [0.717, 1.165) is 57.4 Å². The van der Waals surface area contributed by atoms with Crippen LogP contribution >= 0.6 is 0 Å². The van der Waals surface area contributed by atoms with Crippen LogP contribution < -0.4 is 5.32 Å². The normalized spacial score (nSPS) is 22.5. The summed E-state index contributed by atoms with van der Waals surface area (Å²) < 4.78 is 38.7. The lowest BCUT2D eigenvalue weighted by Gasteiger charge is -2.34. The van der Waals surface area contributed by atoms with Gasteiger partial charge in [-0.15, -0.1) is 0 Å².